The van der Waals surface area contributed by atoms with Crippen molar-refractivity contribution in [3.05, 3.63) is 70.3 Å². The summed E-state index contributed by atoms with van der Waals surface area (Å²) < 4.78 is 15.1. The highest BCUT2D eigenvalue weighted by molar-refractivity contribution is 7.99. The summed E-state index contributed by atoms with van der Waals surface area (Å²) in [5.74, 6) is -0.299. The fraction of sp³-hybridized carbons (Fsp3) is 0.118. The minimum atomic E-state index is -0.299. The van der Waals surface area contributed by atoms with Crippen molar-refractivity contribution in [3.8, 4) is 0 Å². The summed E-state index contributed by atoms with van der Waals surface area (Å²) in [5.41, 5.74) is 1.82. The number of aryl methyl sites for hydroxylation is 2. The summed E-state index contributed by atoms with van der Waals surface area (Å²) in [7, 11) is 1.70. The smallest absolute Gasteiger partial charge is 0.251 e. The maximum absolute atomic E-state index is 13.5. The first-order valence-corrected chi connectivity index (χ1v) is 7.40. The predicted octanol–water partition coefficient (Wildman–Crippen LogP) is 4.14. The van der Waals surface area contributed by atoms with E-state index in [-0.39, 0.29) is 11.4 Å². The van der Waals surface area contributed by atoms with Crippen molar-refractivity contribution < 1.29 is 4.39 Å². The van der Waals surface area contributed by atoms with Crippen LogP contribution < -0.4 is 5.56 Å². The number of pyridine rings is 1. The monoisotopic (exact) mass is 299 g/mol. The third-order valence-electron chi connectivity index (χ3n) is 3.42. The van der Waals surface area contributed by atoms with Gasteiger partial charge in [-0.25, -0.2) is 4.39 Å². The minimum absolute atomic E-state index is 0.0938. The molecule has 3 aromatic rings. The molecule has 0 fully saturated rings. The summed E-state index contributed by atoms with van der Waals surface area (Å²) in [4.78, 5) is 13.8. The molecular weight excluding hydrogens is 285 g/mol. The highest BCUT2D eigenvalue weighted by Gasteiger charge is 2.09. The van der Waals surface area contributed by atoms with E-state index in [0.717, 1.165) is 20.7 Å². The van der Waals surface area contributed by atoms with Crippen molar-refractivity contribution in [1.29, 1.82) is 0 Å². The number of nitrogens with zero attached hydrogens (tertiary/aromatic N) is 1. The fourth-order valence-electron chi connectivity index (χ4n) is 2.22. The second-order valence-corrected chi connectivity index (χ2v) is 6.10. The van der Waals surface area contributed by atoms with E-state index in [2.05, 4.69) is 0 Å². The van der Waals surface area contributed by atoms with Crippen LogP contribution in [0.2, 0.25) is 0 Å². The maximum atomic E-state index is 13.5. The molecule has 0 amide bonds. The molecule has 0 radical (unpaired) electrons. The van der Waals surface area contributed by atoms with E-state index in [1.807, 2.05) is 31.2 Å². The molecule has 21 heavy (non-hydrogen) atoms. The highest BCUT2D eigenvalue weighted by atomic mass is 32.2. The van der Waals surface area contributed by atoms with Crippen molar-refractivity contribution >= 4 is 22.7 Å². The van der Waals surface area contributed by atoms with Crippen LogP contribution >= 0.6 is 11.8 Å². The topological polar surface area (TPSA) is 22.0 Å². The SMILES string of the molecule is Cc1ccc(Sc2cc(=O)n(C)c3ccc(F)cc23)cc1. The number of benzene rings is 2. The lowest BCUT2D eigenvalue weighted by Gasteiger charge is -2.10. The number of hydrogen-bond donors (Lipinski definition) is 0. The summed E-state index contributed by atoms with van der Waals surface area (Å²) >= 11 is 1.48. The maximum Gasteiger partial charge on any atom is 0.251 e. The Balaban J connectivity index is 2.17. The molecule has 0 saturated carbocycles. The van der Waals surface area contributed by atoms with Crippen molar-refractivity contribution in [2.24, 2.45) is 7.05 Å². The van der Waals surface area contributed by atoms with E-state index in [1.165, 1.54) is 34.0 Å². The largest absolute Gasteiger partial charge is 0.311 e. The van der Waals surface area contributed by atoms with Gasteiger partial charge in [0.15, 0.2) is 0 Å². The van der Waals surface area contributed by atoms with Crippen LogP contribution in [0.3, 0.4) is 0 Å². The van der Waals surface area contributed by atoms with Gasteiger partial charge in [0.05, 0.1) is 5.52 Å². The molecule has 2 nitrogen and oxygen atoms in total. The van der Waals surface area contributed by atoms with Crippen LogP contribution in [-0.2, 0) is 7.05 Å². The van der Waals surface area contributed by atoms with Gasteiger partial charge in [0, 0.05) is 28.3 Å². The van der Waals surface area contributed by atoms with E-state index in [4.69, 9.17) is 0 Å². The van der Waals surface area contributed by atoms with E-state index in [1.54, 1.807) is 19.2 Å². The summed E-state index contributed by atoms with van der Waals surface area (Å²) in [5, 5.41) is 0.752. The van der Waals surface area contributed by atoms with Crippen LogP contribution in [0.25, 0.3) is 10.9 Å². The van der Waals surface area contributed by atoms with Gasteiger partial charge in [0.1, 0.15) is 5.82 Å². The van der Waals surface area contributed by atoms with Gasteiger partial charge in [-0.2, -0.15) is 0 Å². The van der Waals surface area contributed by atoms with Crippen LogP contribution in [0.5, 0.6) is 0 Å². The molecule has 0 bridgehead atoms. The highest BCUT2D eigenvalue weighted by Crippen LogP contribution is 2.32. The Hall–Kier alpha value is -2.07. The Morgan fingerprint density at radius 2 is 1.76 bits per heavy atom. The van der Waals surface area contributed by atoms with Crippen LogP contribution in [0.4, 0.5) is 4.39 Å². The normalized spacial score (nSPS) is 11.0. The number of fused-ring (bicyclic) bond motifs is 1. The van der Waals surface area contributed by atoms with Gasteiger partial charge in [-0.15, -0.1) is 0 Å². The number of rotatable bonds is 2. The first-order valence-electron chi connectivity index (χ1n) is 6.58. The fourth-order valence-corrected chi connectivity index (χ4v) is 3.18. The lowest BCUT2D eigenvalue weighted by atomic mass is 10.2. The number of aromatic nitrogens is 1. The van der Waals surface area contributed by atoms with Crippen LogP contribution in [-0.4, -0.2) is 4.57 Å². The van der Waals surface area contributed by atoms with Gasteiger partial charge in [-0.3, -0.25) is 4.79 Å². The second kappa shape index (κ2) is 5.37. The van der Waals surface area contributed by atoms with Gasteiger partial charge < -0.3 is 4.57 Å². The molecule has 0 N–H and O–H groups in total. The molecule has 4 heteroatoms. The zero-order valence-electron chi connectivity index (χ0n) is 11.8. The first kappa shape index (κ1) is 13.9. The van der Waals surface area contributed by atoms with E-state index >= 15 is 0 Å². The molecule has 0 atom stereocenters. The summed E-state index contributed by atoms with van der Waals surface area (Å²) in [6.07, 6.45) is 0. The zero-order valence-corrected chi connectivity index (χ0v) is 12.6. The molecule has 2 aromatic carbocycles. The molecule has 1 aromatic heterocycles. The quantitative estimate of drug-likeness (QED) is 0.709. The number of hydrogen-bond acceptors (Lipinski definition) is 2. The molecule has 1 heterocycles. The lowest BCUT2D eigenvalue weighted by molar-refractivity contribution is 0.629. The van der Waals surface area contributed by atoms with Crippen LogP contribution in [0.15, 0.2) is 63.1 Å². The van der Waals surface area contributed by atoms with Crippen LogP contribution in [0.1, 0.15) is 5.56 Å². The van der Waals surface area contributed by atoms with E-state index in [0.29, 0.717) is 0 Å². The van der Waals surface area contributed by atoms with Gasteiger partial charge in [0.25, 0.3) is 5.56 Å². The van der Waals surface area contributed by atoms with Gasteiger partial charge in [-0.1, -0.05) is 29.5 Å². The van der Waals surface area contributed by atoms with Gasteiger partial charge >= 0.3 is 0 Å². The average Bonchev–Trinajstić information content (AvgIpc) is 2.47. The van der Waals surface area contributed by atoms with Crippen molar-refractivity contribution in [2.75, 3.05) is 0 Å². The predicted molar refractivity (Wildman–Crippen MR) is 84.4 cm³/mol. The Labute approximate surface area is 126 Å². The molecule has 0 spiro atoms. The second-order valence-electron chi connectivity index (χ2n) is 4.98. The standard InChI is InChI=1S/C17H14FNOS/c1-11-3-6-13(7-4-11)21-16-10-17(20)19(2)15-8-5-12(18)9-14(15)16/h3-10H,1-2H3. The Morgan fingerprint density at radius 1 is 1.05 bits per heavy atom. The lowest BCUT2D eigenvalue weighted by Crippen LogP contribution is -2.16. The molecule has 0 aliphatic carbocycles. The summed E-state index contributed by atoms with van der Waals surface area (Å²) in [6, 6.07) is 14.1. The minimum Gasteiger partial charge on any atom is -0.311 e. The molecule has 3 rings (SSSR count). The summed E-state index contributed by atoms with van der Waals surface area (Å²) in [6.45, 7) is 2.03. The van der Waals surface area contributed by atoms with Crippen LogP contribution in [0, 0.1) is 12.7 Å². The third kappa shape index (κ3) is 2.72. The van der Waals surface area contributed by atoms with Gasteiger partial charge in [-0.05, 0) is 37.3 Å². The molecular formula is C17H14FNOS. The number of halogens is 1. The molecule has 106 valence electrons. The molecule has 0 aliphatic rings. The van der Waals surface area contributed by atoms with Gasteiger partial charge in [0.2, 0.25) is 0 Å². The molecule has 0 saturated heterocycles. The van der Waals surface area contributed by atoms with E-state index < -0.39 is 0 Å². The van der Waals surface area contributed by atoms with E-state index in [9.17, 15) is 9.18 Å². The zero-order chi connectivity index (χ0) is 15.0. The van der Waals surface area contributed by atoms with Crippen molar-refractivity contribution in [3.63, 3.8) is 0 Å². The van der Waals surface area contributed by atoms with Crippen molar-refractivity contribution in [2.45, 2.75) is 16.7 Å². The average molecular weight is 299 g/mol. The molecule has 0 unspecified atom stereocenters. The molecule has 0 aliphatic heterocycles. The third-order valence-corrected chi connectivity index (χ3v) is 4.48. The first-order chi connectivity index (χ1) is 10.0. The van der Waals surface area contributed by atoms with Crippen molar-refractivity contribution in [1.82, 2.24) is 4.57 Å². The Kier molecular flexibility index (Phi) is 3.55. The Bertz CT molecular complexity index is 868. The Morgan fingerprint density at radius 3 is 2.48 bits per heavy atom.